The van der Waals surface area contributed by atoms with Gasteiger partial charge in [-0.25, -0.2) is 8.42 Å². The van der Waals surface area contributed by atoms with E-state index in [1.54, 1.807) is 6.92 Å². The van der Waals surface area contributed by atoms with Gasteiger partial charge < -0.3 is 5.73 Å². The molecule has 0 rings (SSSR count). The minimum absolute atomic E-state index is 0.00370. The van der Waals surface area contributed by atoms with Crippen molar-refractivity contribution in [2.75, 3.05) is 13.1 Å². The number of sulfonamides is 1. The highest BCUT2D eigenvalue weighted by molar-refractivity contribution is 7.89. The van der Waals surface area contributed by atoms with Crippen LogP contribution in [0.2, 0.25) is 0 Å². The Morgan fingerprint density at radius 2 is 1.77 bits per heavy atom. The Morgan fingerprint density at radius 1 is 1.31 bits per heavy atom. The summed E-state index contributed by atoms with van der Waals surface area (Å²) in [5.41, 5.74) is 5.34. The highest BCUT2D eigenvalue weighted by Gasteiger charge is 2.28. The third-order valence-electron chi connectivity index (χ3n) is 2.05. The van der Waals surface area contributed by atoms with Gasteiger partial charge in [-0.1, -0.05) is 6.92 Å². The van der Waals surface area contributed by atoms with Crippen LogP contribution in [0.1, 0.15) is 27.7 Å². The van der Waals surface area contributed by atoms with Crippen molar-refractivity contribution in [3.63, 3.8) is 0 Å². The van der Waals surface area contributed by atoms with E-state index < -0.39 is 15.3 Å². The van der Waals surface area contributed by atoms with Crippen molar-refractivity contribution in [3.8, 4) is 0 Å². The highest BCUT2D eigenvalue weighted by Crippen LogP contribution is 2.11. The summed E-state index contributed by atoms with van der Waals surface area (Å²) >= 11 is 0. The molecule has 13 heavy (non-hydrogen) atoms. The second-order valence-corrected chi connectivity index (χ2v) is 5.69. The van der Waals surface area contributed by atoms with Crippen LogP contribution in [0, 0.1) is 0 Å². The quantitative estimate of drug-likeness (QED) is 0.711. The van der Waals surface area contributed by atoms with Crippen LogP contribution in [0.15, 0.2) is 0 Å². The fourth-order valence-electron chi connectivity index (χ4n) is 1.19. The molecule has 1 unspecified atom stereocenters. The lowest BCUT2D eigenvalue weighted by atomic mass is 10.4. The van der Waals surface area contributed by atoms with Crippen LogP contribution >= 0.6 is 0 Å². The predicted octanol–water partition coefficient (Wildman–Crippen LogP) is 0.394. The smallest absolute Gasteiger partial charge is 0.218 e. The van der Waals surface area contributed by atoms with Crippen LogP contribution in [0.5, 0.6) is 0 Å². The average Bonchev–Trinajstić information content (AvgIpc) is 2.02. The Kier molecular flexibility index (Phi) is 4.88. The van der Waals surface area contributed by atoms with Gasteiger partial charge in [0.1, 0.15) is 0 Å². The molecule has 0 saturated carbocycles. The molecule has 1 atom stereocenters. The van der Waals surface area contributed by atoms with Crippen LogP contribution < -0.4 is 5.73 Å². The Bertz CT molecular complexity index is 237. The Morgan fingerprint density at radius 3 is 2.00 bits per heavy atom. The maximum absolute atomic E-state index is 11.8. The summed E-state index contributed by atoms with van der Waals surface area (Å²) in [5.74, 6) is 0. The summed E-state index contributed by atoms with van der Waals surface area (Å²) in [6.07, 6.45) is 0. The Balaban J connectivity index is 4.79. The maximum atomic E-state index is 11.8. The van der Waals surface area contributed by atoms with Crippen molar-refractivity contribution in [3.05, 3.63) is 0 Å². The number of rotatable bonds is 5. The van der Waals surface area contributed by atoms with Gasteiger partial charge in [0.25, 0.3) is 0 Å². The van der Waals surface area contributed by atoms with Gasteiger partial charge in [0.05, 0.1) is 5.25 Å². The highest BCUT2D eigenvalue weighted by atomic mass is 32.2. The van der Waals surface area contributed by atoms with Gasteiger partial charge in [-0.2, -0.15) is 4.31 Å². The van der Waals surface area contributed by atoms with E-state index in [4.69, 9.17) is 5.73 Å². The van der Waals surface area contributed by atoms with Crippen molar-refractivity contribution in [2.45, 2.75) is 39.0 Å². The monoisotopic (exact) mass is 208 g/mol. The first kappa shape index (κ1) is 12.9. The number of hydrogen-bond donors (Lipinski definition) is 1. The molecular weight excluding hydrogens is 188 g/mol. The Labute approximate surface area is 81.2 Å². The first-order chi connectivity index (χ1) is 5.87. The van der Waals surface area contributed by atoms with E-state index >= 15 is 0 Å². The van der Waals surface area contributed by atoms with Crippen LogP contribution in [0.25, 0.3) is 0 Å². The normalized spacial score (nSPS) is 15.3. The molecule has 80 valence electrons. The molecule has 2 N–H and O–H groups in total. The molecular formula is C8H20N2O2S. The molecule has 5 heteroatoms. The maximum Gasteiger partial charge on any atom is 0.218 e. The molecule has 0 aliphatic heterocycles. The molecule has 4 nitrogen and oxygen atoms in total. The van der Waals surface area contributed by atoms with Crippen LogP contribution in [-0.2, 0) is 10.0 Å². The fourth-order valence-corrected chi connectivity index (χ4v) is 2.84. The van der Waals surface area contributed by atoms with E-state index in [9.17, 15) is 8.42 Å². The van der Waals surface area contributed by atoms with Crippen molar-refractivity contribution in [1.29, 1.82) is 0 Å². The third kappa shape index (κ3) is 2.93. The molecule has 0 aliphatic carbocycles. The van der Waals surface area contributed by atoms with E-state index in [2.05, 4.69) is 0 Å². The molecule has 0 spiro atoms. The van der Waals surface area contributed by atoms with Crippen LogP contribution in [-0.4, -0.2) is 37.1 Å². The molecule has 0 aromatic rings. The van der Waals surface area contributed by atoms with Gasteiger partial charge in [0.2, 0.25) is 10.0 Å². The van der Waals surface area contributed by atoms with Gasteiger partial charge >= 0.3 is 0 Å². The number of nitrogens with two attached hydrogens (primary N) is 1. The Hall–Kier alpha value is -0.130. The predicted molar refractivity (Wildman–Crippen MR) is 55.0 cm³/mol. The van der Waals surface area contributed by atoms with E-state index in [0.717, 1.165) is 0 Å². The lowest BCUT2D eigenvalue weighted by Gasteiger charge is -2.27. The second-order valence-electron chi connectivity index (χ2n) is 3.39. The number of hydrogen-bond acceptors (Lipinski definition) is 3. The minimum Gasteiger partial charge on any atom is -0.329 e. The second kappa shape index (κ2) is 4.93. The molecule has 0 saturated heterocycles. The molecule has 0 bridgehead atoms. The standard InChI is InChI=1S/C8H20N2O2S/c1-5-10(7(2)3)13(11,12)8(4)6-9/h7-8H,5-6,9H2,1-4H3. The van der Waals surface area contributed by atoms with Crippen molar-refractivity contribution >= 4 is 10.0 Å². The lowest BCUT2D eigenvalue weighted by molar-refractivity contribution is 0.364. The van der Waals surface area contributed by atoms with Gasteiger partial charge in [-0.3, -0.25) is 0 Å². The summed E-state index contributed by atoms with van der Waals surface area (Å²) in [7, 11) is -3.19. The van der Waals surface area contributed by atoms with Crippen molar-refractivity contribution in [2.24, 2.45) is 5.73 Å². The SMILES string of the molecule is CCN(C(C)C)S(=O)(=O)C(C)CN. The van der Waals surface area contributed by atoms with Crippen molar-refractivity contribution < 1.29 is 8.42 Å². The summed E-state index contributed by atoms with van der Waals surface area (Å²) < 4.78 is 25.0. The molecule has 0 fully saturated rings. The molecule has 0 aromatic carbocycles. The van der Waals surface area contributed by atoms with E-state index in [0.29, 0.717) is 6.54 Å². The molecule has 0 aromatic heterocycles. The van der Waals surface area contributed by atoms with Crippen molar-refractivity contribution in [1.82, 2.24) is 4.31 Å². The zero-order valence-corrected chi connectivity index (χ0v) is 9.63. The minimum atomic E-state index is -3.19. The zero-order valence-electron chi connectivity index (χ0n) is 8.82. The first-order valence-electron chi connectivity index (χ1n) is 4.58. The van der Waals surface area contributed by atoms with Gasteiger partial charge in [0.15, 0.2) is 0 Å². The van der Waals surface area contributed by atoms with Crippen LogP contribution in [0.3, 0.4) is 0 Å². The summed E-state index contributed by atoms with van der Waals surface area (Å²) in [5, 5.41) is -0.491. The van der Waals surface area contributed by atoms with Gasteiger partial charge in [0, 0.05) is 19.1 Å². The first-order valence-corrected chi connectivity index (χ1v) is 6.08. The average molecular weight is 208 g/mol. The molecule has 0 radical (unpaired) electrons. The topological polar surface area (TPSA) is 63.4 Å². The van der Waals surface area contributed by atoms with E-state index in [1.165, 1.54) is 4.31 Å². The zero-order chi connectivity index (χ0) is 10.6. The third-order valence-corrected chi connectivity index (χ3v) is 4.60. The van der Waals surface area contributed by atoms with Crippen LogP contribution in [0.4, 0.5) is 0 Å². The van der Waals surface area contributed by atoms with E-state index in [1.807, 2.05) is 20.8 Å². The number of nitrogens with zero attached hydrogens (tertiary/aromatic N) is 1. The van der Waals surface area contributed by atoms with Gasteiger partial charge in [-0.05, 0) is 20.8 Å². The summed E-state index contributed by atoms with van der Waals surface area (Å²) in [6.45, 7) is 7.88. The molecule has 0 aliphatic rings. The molecule has 0 amide bonds. The fraction of sp³-hybridized carbons (Fsp3) is 1.00. The lowest BCUT2D eigenvalue weighted by Crippen LogP contribution is -2.44. The summed E-state index contributed by atoms with van der Waals surface area (Å²) in [6, 6.07) is 0.00370. The van der Waals surface area contributed by atoms with Gasteiger partial charge in [-0.15, -0.1) is 0 Å². The van der Waals surface area contributed by atoms with E-state index in [-0.39, 0.29) is 12.6 Å². The largest absolute Gasteiger partial charge is 0.329 e. The summed E-state index contributed by atoms with van der Waals surface area (Å²) in [4.78, 5) is 0. The molecule has 0 heterocycles.